The summed E-state index contributed by atoms with van der Waals surface area (Å²) in [6, 6.07) is 2.20. The molecule has 0 aromatic rings. The Kier molecular flexibility index (Phi) is 5.10. The van der Waals surface area contributed by atoms with Crippen LogP contribution in [-0.2, 0) is 0 Å². The summed E-state index contributed by atoms with van der Waals surface area (Å²) in [7, 11) is 0. The van der Waals surface area contributed by atoms with E-state index in [0.717, 1.165) is 32.1 Å². The molecule has 7 unspecified atom stereocenters. The van der Waals surface area contributed by atoms with Crippen molar-refractivity contribution in [2.45, 2.75) is 70.9 Å². The quantitative estimate of drug-likeness (QED) is 0.629. The molecule has 0 aromatic heterocycles. The van der Waals surface area contributed by atoms with E-state index in [1.54, 1.807) is 6.08 Å². The molecule has 3 nitrogen and oxygen atoms in total. The van der Waals surface area contributed by atoms with Crippen LogP contribution in [0, 0.1) is 51.2 Å². The third kappa shape index (κ3) is 2.83. The van der Waals surface area contributed by atoms with E-state index in [-0.39, 0.29) is 36.7 Å². The van der Waals surface area contributed by atoms with Gasteiger partial charge in [-0.3, -0.25) is 0 Å². The molecule has 162 valence electrons. The molecule has 4 rings (SSSR count). The van der Waals surface area contributed by atoms with Crippen LogP contribution in [0.3, 0.4) is 0 Å². The molecule has 0 aromatic carbocycles. The molecule has 0 aliphatic heterocycles. The van der Waals surface area contributed by atoms with Crippen molar-refractivity contribution in [2.75, 3.05) is 13.2 Å². The largest absolute Gasteiger partial charge is 0.396 e. The first-order chi connectivity index (χ1) is 13.7. The van der Waals surface area contributed by atoms with Gasteiger partial charge in [0.1, 0.15) is 0 Å². The minimum atomic E-state index is -4.41. The van der Waals surface area contributed by atoms with Crippen LogP contribution in [0.25, 0.3) is 0 Å². The second-order valence-corrected chi connectivity index (χ2v) is 10.5. The van der Waals surface area contributed by atoms with Crippen molar-refractivity contribution < 1.29 is 23.4 Å². The highest BCUT2D eigenvalue weighted by atomic mass is 19.4. The molecule has 0 bridgehead atoms. The van der Waals surface area contributed by atoms with Gasteiger partial charge in [-0.2, -0.15) is 18.4 Å². The van der Waals surface area contributed by atoms with Gasteiger partial charge < -0.3 is 10.2 Å². The number of nitrogens with zero attached hydrogens (tertiary/aromatic N) is 1. The summed E-state index contributed by atoms with van der Waals surface area (Å²) in [6.45, 7) is 1.36. The zero-order valence-corrected chi connectivity index (χ0v) is 17.1. The maximum atomic E-state index is 13.8. The van der Waals surface area contributed by atoms with E-state index in [1.807, 2.05) is 0 Å². The maximum Gasteiger partial charge on any atom is 0.396 e. The van der Waals surface area contributed by atoms with Gasteiger partial charge in [0.25, 0.3) is 0 Å². The van der Waals surface area contributed by atoms with Gasteiger partial charge >= 0.3 is 6.18 Å². The van der Waals surface area contributed by atoms with Gasteiger partial charge in [0.05, 0.1) is 18.1 Å². The number of halogens is 3. The molecule has 4 aliphatic rings. The molecule has 4 saturated carbocycles. The van der Waals surface area contributed by atoms with Gasteiger partial charge in [-0.15, -0.1) is 0 Å². The number of fused-ring (bicyclic) bond motifs is 5. The normalized spacial score (nSPS) is 48.5. The molecule has 0 saturated heterocycles. The summed E-state index contributed by atoms with van der Waals surface area (Å²) in [4.78, 5) is 0. The summed E-state index contributed by atoms with van der Waals surface area (Å²) in [5.41, 5.74) is -1.20. The standard InChI is InChI=1S/C23H32F3NO2/c1-20-8-6-19-17(18(20)5-3-15(20)7-11-27)4-2-16-12-21(13-28,23(24,25)26)9-10-22(16,19)14-29/h7,16-19,28-29H,2-6,8-10,12-14H2,1H3. The van der Waals surface area contributed by atoms with E-state index < -0.39 is 23.6 Å². The third-order valence-electron chi connectivity index (χ3n) is 9.83. The molecule has 4 fully saturated rings. The van der Waals surface area contributed by atoms with E-state index in [1.165, 1.54) is 5.57 Å². The van der Waals surface area contributed by atoms with Crippen molar-refractivity contribution >= 4 is 0 Å². The van der Waals surface area contributed by atoms with Crippen LogP contribution in [0.2, 0.25) is 0 Å². The Bertz CT molecular complexity index is 729. The van der Waals surface area contributed by atoms with E-state index in [9.17, 15) is 23.4 Å². The van der Waals surface area contributed by atoms with Crippen LogP contribution < -0.4 is 0 Å². The Labute approximate surface area is 171 Å². The van der Waals surface area contributed by atoms with Crippen LogP contribution in [0.15, 0.2) is 11.6 Å². The number of nitriles is 1. The lowest BCUT2D eigenvalue weighted by molar-refractivity contribution is -0.272. The average Bonchev–Trinajstić information content (AvgIpc) is 3.03. The van der Waals surface area contributed by atoms with Gasteiger partial charge in [-0.1, -0.05) is 12.5 Å². The predicted octanol–water partition coefficient (Wildman–Crippen LogP) is 4.99. The van der Waals surface area contributed by atoms with Crippen molar-refractivity contribution in [3.63, 3.8) is 0 Å². The fourth-order valence-electron chi connectivity index (χ4n) is 8.11. The first-order valence-electron chi connectivity index (χ1n) is 11.0. The second-order valence-electron chi connectivity index (χ2n) is 10.5. The van der Waals surface area contributed by atoms with E-state index in [4.69, 9.17) is 5.26 Å². The summed E-state index contributed by atoms with van der Waals surface area (Å²) >= 11 is 0. The molecule has 4 aliphatic carbocycles. The summed E-state index contributed by atoms with van der Waals surface area (Å²) < 4.78 is 41.4. The molecule has 0 heterocycles. The van der Waals surface area contributed by atoms with Crippen molar-refractivity contribution in [1.29, 1.82) is 5.26 Å². The highest BCUT2D eigenvalue weighted by molar-refractivity contribution is 5.28. The molecular weight excluding hydrogens is 379 g/mol. The van der Waals surface area contributed by atoms with Crippen molar-refractivity contribution in [3.8, 4) is 6.07 Å². The van der Waals surface area contributed by atoms with Gasteiger partial charge in [-0.05, 0) is 92.3 Å². The highest BCUT2D eigenvalue weighted by Crippen LogP contribution is 2.69. The first-order valence-corrected chi connectivity index (χ1v) is 11.0. The van der Waals surface area contributed by atoms with E-state index >= 15 is 0 Å². The molecule has 0 spiro atoms. The Morgan fingerprint density at radius 1 is 1.07 bits per heavy atom. The molecule has 0 radical (unpaired) electrons. The molecule has 7 atom stereocenters. The van der Waals surface area contributed by atoms with Crippen molar-refractivity contribution in [1.82, 2.24) is 0 Å². The van der Waals surface area contributed by atoms with Crippen LogP contribution in [0.4, 0.5) is 13.2 Å². The lowest BCUT2D eigenvalue weighted by Gasteiger charge is -2.62. The molecule has 6 heteroatoms. The fourth-order valence-corrected chi connectivity index (χ4v) is 8.11. The van der Waals surface area contributed by atoms with Gasteiger partial charge in [-0.25, -0.2) is 0 Å². The Balaban J connectivity index is 1.64. The number of allylic oxidation sites excluding steroid dienone is 2. The molecular formula is C23H32F3NO2. The zero-order chi connectivity index (χ0) is 21.1. The van der Waals surface area contributed by atoms with Crippen LogP contribution in [-0.4, -0.2) is 29.6 Å². The predicted molar refractivity (Wildman–Crippen MR) is 102 cm³/mol. The number of hydrogen-bond donors (Lipinski definition) is 2. The summed E-state index contributed by atoms with van der Waals surface area (Å²) in [5.74, 6) is 0.929. The second kappa shape index (κ2) is 6.99. The highest BCUT2D eigenvalue weighted by Gasteiger charge is 2.65. The SMILES string of the molecule is CC12CCC3C(CCC4CC(CO)(C(F)(F)F)CCC43CO)C1CCC2=CC#N. The maximum absolute atomic E-state index is 13.8. The van der Waals surface area contributed by atoms with Crippen molar-refractivity contribution in [3.05, 3.63) is 11.6 Å². The Morgan fingerprint density at radius 2 is 1.83 bits per heavy atom. The number of alkyl halides is 3. The van der Waals surface area contributed by atoms with Gasteiger partial charge in [0, 0.05) is 12.7 Å². The van der Waals surface area contributed by atoms with Crippen LogP contribution in [0.1, 0.15) is 64.7 Å². The van der Waals surface area contributed by atoms with E-state index in [0.29, 0.717) is 24.7 Å². The molecule has 29 heavy (non-hydrogen) atoms. The van der Waals surface area contributed by atoms with Crippen LogP contribution >= 0.6 is 0 Å². The van der Waals surface area contributed by atoms with Gasteiger partial charge in [0.15, 0.2) is 0 Å². The lowest BCUT2D eigenvalue weighted by Crippen LogP contribution is -2.59. The van der Waals surface area contributed by atoms with Gasteiger partial charge in [0.2, 0.25) is 0 Å². The monoisotopic (exact) mass is 411 g/mol. The number of rotatable bonds is 2. The Hall–Kier alpha value is -1.06. The summed E-state index contributed by atoms with van der Waals surface area (Å²) in [6.07, 6.45) is 2.95. The minimum absolute atomic E-state index is 0.0237. The lowest BCUT2D eigenvalue weighted by atomic mass is 9.42. The topological polar surface area (TPSA) is 64.2 Å². The van der Waals surface area contributed by atoms with Crippen molar-refractivity contribution in [2.24, 2.45) is 39.9 Å². The number of aliphatic hydroxyl groups is 2. The Morgan fingerprint density at radius 3 is 2.45 bits per heavy atom. The number of aliphatic hydroxyl groups excluding tert-OH is 2. The van der Waals surface area contributed by atoms with Crippen LogP contribution in [0.5, 0.6) is 0 Å². The van der Waals surface area contributed by atoms with E-state index in [2.05, 4.69) is 13.0 Å². The first kappa shape index (κ1) is 21.2. The minimum Gasteiger partial charge on any atom is -0.396 e. The number of hydrogen-bond acceptors (Lipinski definition) is 3. The summed E-state index contributed by atoms with van der Waals surface area (Å²) in [5, 5.41) is 29.3. The molecule has 0 amide bonds. The smallest absolute Gasteiger partial charge is 0.396 e. The molecule has 2 N–H and O–H groups in total. The third-order valence-corrected chi connectivity index (χ3v) is 9.83. The zero-order valence-electron chi connectivity index (χ0n) is 17.1. The fraction of sp³-hybridized carbons (Fsp3) is 0.870. The average molecular weight is 412 g/mol.